The highest BCUT2D eigenvalue weighted by Crippen LogP contribution is 2.49. The fraction of sp³-hybridized carbons (Fsp3) is 0.440. The first-order chi connectivity index (χ1) is 18.7. The summed E-state index contributed by atoms with van der Waals surface area (Å²) in [5, 5.41) is 29.7. The first-order valence-electron chi connectivity index (χ1n) is 12.8. The maximum Gasteiger partial charge on any atom is 0.271 e. The van der Waals surface area contributed by atoms with Crippen LogP contribution in [0.4, 0.5) is 0 Å². The number of benzene rings is 1. The second kappa shape index (κ2) is 8.88. The largest absolute Gasteiger partial charge is 0.383 e. The zero-order valence-corrected chi connectivity index (χ0v) is 21.3. The number of guanidine groups is 2. The van der Waals surface area contributed by atoms with Gasteiger partial charge in [-0.15, -0.1) is 0 Å². The van der Waals surface area contributed by atoms with Crippen molar-refractivity contribution in [3.63, 3.8) is 0 Å². The first-order valence-corrected chi connectivity index (χ1v) is 12.8. The average Bonchev–Trinajstić information content (AvgIpc) is 3.58. The normalized spacial score (nSPS) is 30.7. The Morgan fingerprint density at radius 2 is 1.97 bits per heavy atom. The van der Waals surface area contributed by atoms with Gasteiger partial charge in [0, 0.05) is 31.0 Å². The molecule has 0 radical (unpaired) electrons. The van der Waals surface area contributed by atoms with Crippen molar-refractivity contribution >= 4 is 23.7 Å². The van der Waals surface area contributed by atoms with Crippen LogP contribution in [0.25, 0.3) is 0 Å². The van der Waals surface area contributed by atoms with Crippen molar-refractivity contribution in [2.45, 2.75) is 55.6 Å². The monoisotopic (exact) mass is 534 g/mol. The number of aromatic nitrogens is 2. The number of carbonyl (C=O) groups excluding carboxylic acids is 2. The van der Waals surface area contributed by atoms with E-state index < -0.39 is 35.3 Å². The molecule has 1 aromatic heterocycles. The summed E-state index contributed by atoms with van der Waals surface area (Å²) in [5.74, 6) is -1.05. The lowest BCUT2D eigenvalue weighted by atomic mass is 9.78. The van der Waals surface area contributed by atoms with Crippen LogP contribution >= 0.6 is 0 Å². The van der Waals surface area contributed by atoms with Crippen molar-refractivity contribution in [2.24, 2.45) is 21.5 Å². The molecule has 4 heterocycles. The Morgan fingerprint density at radius 3 is 2.74 bits per heavy atom. The lowest BCUT2D eigenvalue weighted by molar-refractivity contribution is -0.218. The summed E-state index contributed by atoms with van der Waals surface area (Å²) < 4.78 is 0. The number of aliphatic hydroxyl groups is 1. The van der Waals surface area contributed by atoms with Crippen molar-refractivity contribution < 1.29 is 19.9 Å². The van der Waals surface area contributed by atoms with E-state index >= 15 is 0 Å². The van der Waals surface area contributed by atoms with Gasteiger partial charge < -0.3 is 32.1 Å². The Kier molecular flexibility index (Phi) is 5.69. The second-order valence-electron chi connectivity index (χ2n) is 10.4. The number of fused-ring (bicyclic) bond motifs is 1. The Morgan fingerprint density at radius 1 is 1.15 bits per heavy atom. The second-order valence-corrected chi connectivity index (χ2v) is 10.4. The molecule has 1 saturated heterocycles. The molecule has 5 atom stereocenters. The summed E-state index contributed by atoms with van der Waals surface area (Å²) in [5.41, 5.74) is 11.8. The van der Waals surface area contributed by atoms with Crippen molar-refractivity contribution in [1.29, 1.82) is 0 Å². The summed E-state index contributed by atoms with van der Waals surface area (Å²) in [6, 6.07) is 3.05. The van der Waals surface area contributed by atoms with Crippen LogP contribution in [0.15, 0.2) is 46.8 Å². The van der Waals surface area contributed by atoms with Crippen LogP contribution < -0.4 is 22.1 Å². The van der Waals surface area contributed by atoms with E-state index in [2.05, 4.69) is 30.6 Å². The van der Waals surface area contributed by atoms with E-state index in [9.17, 15) is 19.9 Å². The number of aliphatic imine (C=N–C) groups is 2. The van der Waals surface area contributed by atoms with E-state index in [1.54, 1.807) is 6.07 Å². The highest BCUT2D eigenvalue weighted by atomic mass is 16.5. The van der Waals surface area contributed by atoms with Gasteiger partial charge in [0.15, 0.2) is 11.6 Å². The molecule has 4 aliphatic rings. The molecule has 1 aliphatic carbocycles. The van der Waals surface area contributed by atoms with Gasteiger partial charge in [-0.05, 0) is 43.4 Å². The maximum atomic E-state index is 13.5. The topological polar surface area (TPSA) is 208 Å². The highest BCUT2D eigenvalue weighted by Gasteiger charge is 2.74. The number of hydrogen-bond donors (Lipinski definition) is 6. The molecule has 1 fully saturated rings. The van der Waals surface area contributed by atoms with Gasteiger partial charge in [0.1, 0.15) is 17.3 Å². The number of nitrogens with one attached hydrogen (secondary N) is 2. The van der Waals surface area contributed by atoms with E-state index in [1.165, 1.54) is 30.4 Å². The van der Waals surface area contributed by atoms with Gasteiger partial charge in [-0.25, -0.2) is 15.0 Å². The van der Waals surface area contributed by atoms with E-state index in [1.807, 2.05) is 12.1 Å². The van der Waals surface area contributed by atoms with E-state index in [0.29, 0.717) is 10.6 Å². The lowest BCUT2D eigenvalue weighted by Crippen LogP contribution is -2.77. The van der Waals surface area contributed by atoms with Gasteiger partial charge in [0.2, 0.25) is 5.96 Å². The fourth-order valence-electron chi connectivity index (χ4n) is 6.45. The maximum absolute atomic E-state index is 13.5. The molecule has 6 rings (SSSR count). The predicted molar refractivity (Wildman–Crippen MR) is 139 cm³/mol. The van der Waals surface area contributed by atoms with Crippen LogP contribution in [0, 0.1) is 0 Å². The molecule has 2 aromatic rings. The van der Waals surface area contributed by atoms with Crippen LogP contribution in [-0.2, 0) is 12.8 Å². The van der Waals surface area contributed by atoms with Crippen LogP contribution in [-0.4, -0.2) is 96.5 Å². The van der Waals surface area contributed by atoms with Gasteiger partial charge in [0.05, 0.1) is 18.3 Å². The van der Waals surface area contributed by atoms with Crippen LogP contribution in [0.5, 0.6) is 0 Å². The van der Waals surface area contributed by atoms with E-state index in [-0.39, 0.29) is 36.6 Å². The minimum atomic E-state index is -1.81. The number of nitrogens with zero attached hydrogens (tertiary/aromatic N) is 6. The molecule has 3 aliphatic heterocycles. The zero-order valence-electron chi connectivity index (χ0n) is 21.3. The quantitative estimate of drug-likeness (QED) is 0.257. The molecular formula is C25H30N10O4. The first kappa shape index (κ1) is 25.0. The third kappa shape index (κ3) is 3.55. The molecule has 1 aromatic carbocycles. The summed E-state index contributed by atoms with van der Waals surface area (Å²) in [6.45, 7) is 1.51. The number of hydroxylamine groups is 2. The Labute approximate surface area is 223 Å². The fourth-order valence-corrected chi connectivity index (χ4v) is 6.45. The molecule has 8 N–H and O–H groups in total. The zero-order chi connectivity index (χ0) is 27.5. The standard InChI is InChI=1S/C25H30N10O4/c1-24(38)18(32-20(36)15-7-3-5-13-4-2-6-14(13)15)12-34-22(26)31-16(19-25(24,34)35(39)23(27)33-19)11-30-21(37)17-10-28-8-9-29-17/h3,5,7-10,16,18-19,38-39H,2,4,6,11-12H2,1H3,(H2,26,31)(H2,27,33)(H,30,37)(H,32,36)/t16?,18?,19?,24-,25?/m0/s1. The number of rotatable bonds is 5. The molecule has 0 saturated carbocycles. The predicted octanol–water partition coefficient (Wildman–Crippen LogP) is -1.66. The van der Waals surface area contributed by atoms with Gasteiger partial charge in [-0.2, -0.15) is 5.06 Å². The minimum Gasteiger partial charge on any atom is -0.383 e. The van der Waals surface area contributed by atoms with E-state index in [4.69, 9.17) is 11.5 Å². The third-order valence-corrected chi connectivity index (χ3v) is 8.33. The molecular weight excluding hydrogens is 504 g/mol. The lowest BCUT2D eigenvalue weighted by Gasteiger charge is -2.52. The van der Waals surface area contributed by atoms with Crippen molar-refractivity contribution in [1.82, 2.24) is 30.6 Å². The van der Waals surface area contributed by atoms with Gasteiger partial charge in [-0.3, -0.25) is 19.8 Å². The molecule has 2 amide bonds. The average molecular weight is 535 g/mol. The van der Waals surface area contributed by atoms with Gasteiger partial charge in [0.25, 0.3) is 11.8 Å². The number of nitrogens with two attached hydrogens (primary N) is 2. The van der Waals surface area contributed by atoms with E-state index in [0.717, 1.165) is 30.4 Å². The van der Waals surface area contributed by atoms with Crippen molar-refractivity contribution in [3.8, 4) is 0 Å². The molecule has 0 bridgehead atoms. The minimum absolute atomic E-state index is 0.00609. The Balaban J connectivity index is 1.29. The van der Waals surface area contributed by atoms with Gasteiger partial charge >= 0.3 is 0 Å². The van der Waals surface area contributed by atoms with Crippen molar-refractivity contribution in [2.75, 3.05) is 13.1 Å². The van der Waals surface area contributed by atoms with Crippen molar-refractivity contribution in [3.05, 3.63) is 59.2 Å². The number of aryl methyl sites for hydroxylation is 1. The molecule has 39 heavy (non-hydrogen) atoms. The smallest absolute Gasteiger partial charge is 0.271 e. The molecule has 14 heteroatoms. The SMILES string of the molecule is C[C@]1(O)C(NC(=O)c2cccc3c2CCC3)CN2C(N)=NC(CNC(=O)c3cnccn3)C3N=C(N)N(O)C321. The van der Waals surface area contributed by atoms with Crippen LogP contribution in [0.3, 0.4) is 0 Å². The molecule has 14 nitrogen and oxygen atoms in total. The Hall–Kier alpha value is -4.30. The Bertz CT molecular complexity index is 1400. The van der Waals surface area contributed by atoms with Gasteiger partial charge in [-0.1, -0.05) is 12.1 Å². The summed E-state index contributed by atoms with van der Waals surface area (Å²) in [7, 11) is 0. The molecule has 4 unspecified atom stereocenters. The van der Waals surface area contributed by atoms with Crippen LogP contribution in [0.1, 0.15) is 45.3 Å². The third-order valence-electron chi connectivity index (χ3n) is 8.33. The number of hydrogen-bond acceptors (Lipinski definition) is 12. The number of amides is 2. The summed E-state index contributed by atoms with van der Waals surface area (Å²) >= 11 is 0. The van der Waals surface area contributed by atoms with Crippen LogP contribution in [0.2, 0.25) is 0 Å². The molecule has 1 spiro atoms. The summed E-state index contributed by atoms with van der Waals surface area (Å²) in [6.07, 6.45) is 6.91. The summed E-state index contributed by atoms with van der Waals surface area (Å²) in [4.78, 5) is 44.4. The number of carbonyl (C=O) groups is 2. The molecule has 204 valence electrons. The highest BCUT2D eigenvalue weighted by molar-refractivity contribution is 5.97.